The van der Waals surface area contributed by atoms with Gasteiger partial charge in [0.15, 0.2) is 4.96 Å². The third kappa shape index (κ3) is 2.52. The van der Waals surface area contributed by atoms with Crippen LogP contribution in [-0.2, 0) is 6.42 Å². The number of nitrogens with two attached hydrogens (primary N) is 1. The van der Waals surface area contributed by atoms with E-state index in [1.807, 2.05) is 40.2 Å². The maximum atomic E-state index is 6.24. The van der Waals surface area contributed by atoms with Crippen molar-refractivity contribution in [3.8, 4) is 0 Å². The summed E-state index contributed by atoms with van der Waals surface area (Å²) in [5.74, 6) is 0.207. The summed E-state index contributed by atoms with van der Waals surface area (Å²) in [6.45, 7) is 0.564. The predicted octanol–water partition coefficient (Wildman–Crippen LogP) is 3.33. The number of imidazole rings is 1. The van der Waals surface area contributed by atoms with Gasteiger partial charge in [-0.15, -0.1) is 11.3 Å². The van der Waals surface area contributed by atoms with Gasteiger partial charge in [0.25, 0.3) is 0 Å². The lowest BCUT2D eigenvalue weighted by Gasteiger charge is -2.15. The fourth-order valence-electron chi connectivity index (χ4n) is 2.25. The van der Waals surface area contributed by atoms with Crippen molar-refractivity contribution in [1.82, 2.24) is 9.38 Å². The highest BCUT2D eigenvalue weighted by molar-refractivity contribution is 7.15. The molecule has 3 rings (SSSR count). The molecule has 5 heteroatoms. The Balaban J connectivity index is 1.87. The molecule has 3 nitrogen and oxygen atoms in total. The van der Waals surface area contributed by atoms with Crippen LogP contribution in [0.3, 0.4) is 0 Å². The highest BCUT2D eigenvalue weighted by Gasteiger charge is 2.15. The van der Waals surface area contributed by atoms with Crippen molar-refractivity contribution < 1.29 is 0 Å². The molecule has 2 heterocycles. The monoisotopic (exact) mass is 291 g/mol. The van der Waals surface area contributed by atoms with E-state index in [1.165, 1.54) is 0 Å². The van der Waals surface area contributed by atoms with Crippen molar-refractivity contribution in [2.45, 2.75) is 12.3 Å². The van der Waals surface area contributed by atoms with Crippen molar-refractivity contribution in [2.75, 3.05) is 6.54 Å². The number of rotatable bonds is 4. The van der Waals surface area contributed by atoms with Crippen LogP contribution < -0.4 is 5.73 Å². The standard InChI is InChI=1S/C14H14ClN3S/c15-13-4-2-1-3-12(13)10(8-16)7-11-9-18-5-6-19-14(18)17-11/h1-6,9-10H,7-8,16H2. The molecule has 0 bridgehead atoms. The van der Waals surface area contributed by atoms with Crippen LogP contribution in [0.4, 0.5) is 0 Å². The number of nitrogens with zero attached hydrogens (tertiary/aromatic N) is 2. The van der Waals surface area contributed by atoms with Crippen molar-refractivity contribution >= 4 is 27.9 Å². The lowest BCUT2D eigenvalue weighted by atomic mass is 9.94. The first-order valence-corrected chi connectivity index (χ1v) is 7.39. The summed E-state index contributed by atoms with van der Waals surface area (Å²) < 4.78 is 2.04. The molecule has 0 saturated heterocycles. The van der Waals surface area contributed by atoms with Crippen LogP contribution in [0.2, 0.25) is 5.02 Å². The zero-order chi connectivity index (χ0) is 13.2. The summed E-state index contributed by atoms with van der Waals surface area (Å²) in [5, 5.41) is 2.81. The number of fused-ring (bicyclic) bond motifs is 1. The molecule has 0 spiro atoms. The largest absolute Gasteiger partial charge is 0.330 e. The van der Waals surface area contributed by atoms with Crippen molar-refractivity contribution in [2.24, 2.45) is 5.73 Å². The van der Waals surface area contributed by atoms with Crippen LogP contribution in [0.1, 0.15) is 17.2 Å². The third-order valence-corrected chi connectivity index (χ3v) is 4.34. The summed E-state index contributed by atoms with van der Waals surface area (Å²) in [6.07, 6.45) is 4.89. The minimum Gasteiger partial charge on any atom is -0.330 e. The molecule has 2 aromatic heterocycles. The van der Waals surface area contributed by atoms with Gasteiger partial charge in [-0.3, -0.25) is 4.40 Å². The van der Waals surface area contributed by atoms with E-state index < -0.39 is 0 Å². The average Bonchev–Trinajstić information content (AvgIpc) is 2.97. The maximum absolute atomic E-state index is 6.24. The van der Waals surface area contributed by atoms with Gasteiger partial charge in [0.1, 0.15) is 0 Å². The van der Waals surface area contributed by atoms with Gasteiger partial charge in [0.2, 0.25) is 0 Å². The highest BCUT2D eigenvalue weighted by Crippen LogP contribution is 2.27. The van der Waals surface area contributed by atoms with Gasteiger partial charge in [-0.25, -0.2) is 4.98 Å². The molecule has 0 amide bonds. The Morgan fingerprint density at radius 1 is 1.37 bits per heavy atom. The Labute approximate surface area is 120 Å². The summed E-state index contributed by atoms with van der Waals surface area (Å²) in [5.41, 5.74) is 8.06. The molecule has 1 aromatic carbocycles. The smallest absolute Gasteiger partial charge is 0.193 e. The highest BCUT2D eigenvalue weighted by atomic mass is 35.5. The first-order chi connectivity index (χ1) is 9.28. The quantitative estimate of drug-likeness (QED) is 0.801. The second-order valence-corrected chi connectivity index (χ2v) is 5.76. The van der Waals surface area contributed by atoms with Gasteiger partial charge >= 0.3 is 0 Å². The molecule has 0 aliphatic heterocycles. The first kappa shape index (κ1) is 12.7. The second kappa shape index (κ2) is 5.33. The van der Waals surface area contributed by atoms with E-state index in [2.05, 4.69) is 11.2 Å². The maximum Gasteiger partial charge on any atom is 0.193 e. The van der Waals surface area contributed by atoms with Crippen LogP contribution in [0.15, 0.2) is 42.0 Å². The van der Waals surface area contributed by atoms with Crippen LogP contribution in [-0.4, -0.2) is 15.9 Å². The zero-order valence-electron chi connectivity index (χ0n) is 10.3. The second-order valence-electron chi connectivity index (χ2n) is 4.48. The predicted molar refractivity (Wildman–Crippen MR) is 80.0 cm³/mol. The molecular weight excluding hydrogens is 278 g/mol. The molecule has 98 valence electrons. The third-order valence-electron chi connectivity index (χ3n) is 3.23. The number of aromatic nitrogens is 2. The summed E-state index contributed by atoms with van der Waals surface area (Å²) in [4.78, 5) is 5.62. The van der Waals surface area contributed by atoms with Crippen molar-refractivity contribution in [3.63, 3.8) is 0 Å². The fourth-order valence-corrected chi connectivity index (χ4v) is 3.26. The summed E-state index contributed by atoms with van der Waals surface area (Å²) in [6, 6.07) is 7.88. The average molecular weight is 292 g/mol. The normalized spacial score (nSPS) is 12.9. The Kier molecular flexibility index (Phi) is 3.55. The van der Waals surface area contributed by atoms with Gasteiger partial charge in [-0.2, -0.15) is 0 Å². The fraction of sp³-hybridized carbons (Fsp3) is 0.214. The van der Waals surface area contributed by atoms with Gasteiger partial charge in [-0.1, -0.05) is 29.8 Å². The number of thiazole rings is 1. The van der Waals surface area contributed by atoms with E-state index in [1.54, 1.807) is 11.3 Å². The lowest BCUT2D eigenvalue weighted by Crippen LogP contribution is -2.15. The zero-order valence-corrected chi connectivity index (χ0v) is 11.9. The first-order valence-electron chi connectivity index (χ1n) is 6.13. The van der Waals surface area contributed by atoms with Crippen LogP contribution in [0, 0.1) is 0 Å². The Hall–Kier alpha value is -1.36. The summed E-state index contributed by atoms with van der Waals surface area (Å²) >= 11 is 7.88. The minimum absolute atomic E-state index is 0.207. The molecule has 2 N–H and O–H groups in total. The van der Waals surface area contributed by atoms with Crippen LogP contribution in [0.5, 0.6) is 0 Å². The van der Waals surface area contributed by atoms with Gasteiger partial charge in [0, 0.05) is 28.7 Å². The Morgan fingerprint density at radius 2 is 2.21 bits per heavy atom. The molecule has 3 aromatic rings. The molecule has 1 atom stereocenters. The molecule has 0 radical (unpaired) electrons. The molecule has 19 heavy (non-hydrogen) atoms. The van der Waals surface area contributed by atoms with Crippen molar-refractivity contribution in [3.05, 3.63) is 58.3 Å². The molecule has 0 aliphatic rings. The van der Waals surface area contributed by atoms with Gasteiger partial charge in [0.05, 0.1) is 5.69 Å². The van der Waals surface area contributed by atoms with Gasteiger partial charge in [-0.05, 0) is 24.6 Å². The summed E-state index contributed by atoms with van der Waals surface area (Å²) in [7, 11) is 0. The molecular formula is C14H14ClN3S. The lowest BCUT2D eigenvalue weighted by molar-refractivity contribution is 0.685. The van der Waals surface area contributed by atoms with Gasteiger partial charge < -0.3 is 5.73 Å². The van der Waals surface area contributed by atoms with E-state index in [0.717, 1.165) is 27.7 Å². The van der Waals surface area contributed by atoms with Crippen molar-refractivity contribution in [1.29, 1.82) is 0 Å². The van der Waals surface area contributed by atoms with E-state index in [4.69, 9.17) is 17.3 Å². The van der Waals surface area contributed by atoms with Crippen LogP contribution >= 0.6 is 22.9 Å². The number of halogens is 1. The molecule has 0 aliphatic carbocycles. The SMILES string of the molecule is NCC(Cc1cn2ccsc2n1)c1ccccc1Cl. The van der Waals surface area contributed by atoms with E-state index in [0.29, 0.717) is 6.54 Å². The number of hydrogen-bond donors (Lipinski definition) is 1. The number of benzene rings is 1. The Bertz CT molecular complexity index is 660. The van der Waals surface area contributed by atoms with E-state index >= 15 is 0 Å². The minimum atomic E-state index is 0.207. The molecule has 0 fully saturated rings. The van der Waals surface area contributed by atoms with E-state index in [9.17, 15) is 0 Å². The Morgan fingerprint density at radius 3 is 2.95 bits per heavy atom. The number of hydrogen-bond acceptors (Lipinski definition) is 3. The molecule has 0 saturated carbocycles. The van der Waals surface area contributed by atoms with E-state index in [-0.39, 0.29) is 5.92 Å². The van der Waals surface area contributed by atoms with Crippen LogP contribution in [0.25, 0.3) is 4.96 Å². The topological polar surface area (TPSA) is 43.3 Å². The molecule has 1 unspecified atom stereocenters.